The SMILES string of the molecule is COc1ccc(C(=O)c2sc(Nc3cccc(SC)c3)nc2N)cc1. The Kier molecular flexibility index (Phi) is 5.25. The van der Waals surface area contributed by atoms with Crippen molar-refractivity contribution in [1.82, 2.24) is 4.98 Å². The molecule has 0 aliphatic heterocycles. The Morgan fingerprint density at radius 1 is 1.24 bits per heavy atom. The van der Waals surface area contributed by atoms with E-state index < -0.39 is 0 Å². The zero-order valence-electron chi connectivity index (χ0n) is 13.8. The Hall–Kier alpha value is -2.51. The van der Waals surface area contributed by atoms with Gasteiger partial charge in [-0.15, -0.1) is 11.8 Å². The lowest BCUT2D eigenvalue weighted by Crippen LogP contribution is -2.02. The largest absolute Gasteiger partial charge is 0.497 e. The summed E-state index contributed by atoms with van der Waals surface area (Å²) in [6, 6.07) is 14.9. The molecule has 0 amide bonds. The van der Waals surface area contributed by atoms with Gasteiger partial charge in [-0.2, -0.15) is 0 Å². The van der Waals surface area contributed by atoms with E-state index in [1.165, 1.54) is 11.3 Å². The van der Waals surface area contributed by atoms with Crippen LogP contribution in [-0.2, 0) is 0 Å². The van der Waals surface area contributed by atoms with Gasteiger partial charge in [-0.1, -0.05) is 17.4 Å². The highest BCUT2D eigenvalue weighted by atomic mass is 32.2. The second-order valence-corrected chi connectivity index (χ2v) is 7.03. The van der Waals surface area contributed by atoms with Crippen LogP contribution in [0.1, 0.15) is 15.2 Å². The first-order chi connectivity index (χ1) is 12.1. The highest BCUT2D eigenvalue weighted by Gasteiger charge is 2.18. The Morgan fingerprint density at radius 3 is 2.68 bits per heavy atom. The number of anilines is 3. The number of nitrogen functional groups attached to an aromatic ring is 1. The van der Waals surface area contributed by atoms with E-state index >= 15 is 0 Å². The molecule has 1 heterocycles. The molecule has 0 atom stereocenters. The van der Waals surface area contributed by atoms with Crippen molar-refractivity contribution in [3.63, 3.8) is 0 Å². The first kappa shape index (κ1) is 17.3. The highest BCUT2D eigenvalue weighted by Crippen LogP contribution is 2.31. The highest BCUT2D eigenvalue weighted by molar-refractivity contribution is 7.98. The fraction of sp³-hybridized carbons (Fsp3) is 0.111. The summed E-state index contributed by atoms with van der Waals surface area (Å²) < 4.78 is 5.11. The summed E-state index contributed by atoms with van der Waals surface area (Å²) in [5, 5.41) is 3.80. The smallest absolute Gasteiger partial charge is 0.206 e. The number of rotatable bonds is 6. The van der Waals surface area contributed by atoms with E-state index in [2.05, 4.69) is 10.3 Å². The number of hydrogen-bond acceptors (Lipinski definition) is 7. The molecule has 3 rings (SSSR count). The minimum atomic E-state index is -0.149. The van der Waals surface area contributed by atoms with Gasteiger partial charge >= 0.3 is 0 Å². The number of benzene rings is 2. The number of carbonyl (C=O) groups is 1. The summed E-state index contributed by atoms with van der Waals surface area (Å²) in [5.74, 6) is 0.780. The molecule has 128 valence electrons. The van der Waals surface area contributed by atoms with Gasteiger partial charge in [0, 0.05) is 16.1 Å². The Morgan fingerprint density at radius 2 is 2.00 bits per heavy atom. The van der Waals surface area contributed by atoms with E-state index in [0.29, 0.717) is 21.3 Å². The molecule has 1 aromatic heterocycles. The molecule has 0 aliphatic carbocycles. The molecular formula is C18H17N3O2S2. The summed E-state index contributed by atoms with van der Waals surface area (Å²) in [5.41, 5.74) is 7.41. The number of aromatic nitrogens is 1. The molecule has 2 aromatic carbocycles. The maximum Gasteiger partial charge on any atom is 0.206 e. The number of nitrogens with one attached hydrogen (secondary N) is 1. The molecule has 0 bridgehead atoms. The van der Waals surface area contributed by atoms with Crippen LogP contribution >= 0.6 is 23.1 Å². The van der Waals surface area contributed by atoms with E-state index in [-0.39, 0.29) is 11.6 Å². The van der Waals surface area contributed by atoms with Gasteiger partial charge in [0.2, 0.25) is 5.78 Å². The number of nitrogens with two attached hydrogens (primary N) is 1. The summed E-state index contributed by atoms with van der Waals surface area (Å²) in [7, 11) is 1.59. The van der Waals surface area contributed by atoms with E-state index in [1.807, 2.05) is 30.5 Å². The van der Waals surface area contributed by atoms with Crippen LogP contribution in [-0.4, -0.2) is 24.1 Å². The lowest BCUT2D eigenvalue weighted by Gasteiger charge is -2.03. The van der Waals surface area contributed by atoms with Crippen LogP contribution in [0.2, 0.25) is 0 Å². The van der Waals surface area contributed by atoms with Gasteiger partial charge in [-0.25, -0.2) is 4.98 Å². The van der Waals surface area contributed by atoms with Gasteiger partial charge in [0.05, 0.1) is 7.11 Å². The molecular weight excluding hydrogens is 354 g/mol. The van der Waals surface area contributed by atoms with Crippen LogP contribution in [0, 0.1) is 0 Å². The van der Waals surface area contributed by atoms with Crippen LogP contribution < -0.4 is 15.8 Å². The zero-order valence-corrected chi connectivity index (χ0v) is 15.4. The van der Waals surface area contributed by atoms with Crippen molar-refractivity contribution in [2.45, 2.75) is 4.90 Å². The number of nitrogens with zero attached hydrogens (tertiary/aromatic N) is 1. The minimum Gasteiger partial charge on any atom is -0.497 e. The molecule has 0 spiro atoms. The lowest BCUT2D eigenvalue weighted by molar-refractivity contribution is 0.104. The average molecular weight is 371 g/mol. The first-order valence-corrected chi connectivity index (χ1v) is 9.51. The number of ketones is 1. The minimum absolute atomic E-state index is 0.149. The van der Waals surface area contributed by atoms with Crippen molar-refractivity contribution in [1.29, 1.82) is 0 Å². The van der Waals surface area contributed by atoms with Crippen molar-refractivity contribution in [2.75, 3.05) is 24.4 Å². The molecule has 0 saturated carbocycles. The fourth-order valence-electron chi connectivity index (χ4n) is 2.25. The van der Waals surface area contributed by atoms with Crippen LogP contribution in [0.4, 0.5) is 16.6 Å². The van der Waals surface area contributed by atoms with Crippen LogP contribution in [0.25, 0.3) is 0 Å². The van der Waals surface area contributed by atoms with Gasteiger partial charge < -0.3 is 15.8 Å². The number of ether oxygens (including phenoxy) is 1. The Labute approximate surface area is 154 Å². The number of carbonyl (C=O) groups excluding carboxylic acids is 1. The third kappa shape index (κ3) is 3.94. The number of hydrogen-bond donors (Lipinski definition) is 2. The van der Waals surface area contributed by atoms with Crippen molar-refractivity contribution < 1.29 is 9.53 Å². The Balaban J connectivity index is 1.82. The number of methoxy groups -OCH3 is 1. The van der Waals surface area contributed by atoms with Crippen molar-refractivity contribution in [3.8, 4) is 5.75 Å². The van der Waals surface area contributed by atoms with Crippen molar-refractivity contribution in [2.24, 2.45) is 0 Å². The summed E-state index contributed by atoms with van der Waals surface area (Å²) >= 11 is 2.91. The summed E-state index contributed by atoms with van der Waals surface area (Å²) in [6.45, 7) is 0. The van der Waals surface area contributed by atoms with Crippen molar-refractivity contribution >= 4 is 45.5 Å². The molecule has 0 fully saturated rings. The lowest BCUT2D eigenvalue weighted by atomic mass is 10.1. The quantitative estimate of drug-likeness (QED) is 0.493. The van der Waals surface area contributed by atoms with E-state index in [1.54, 1.807) is 43.1 Å². The predicted molar refractivity (Wildman–Crippen MR) is 104 cm³/mol. The van der Waals surface area contributed by atoms with Crippen molar-refractivity contribution in [3.05, 3.63) is 59.0 Å². The molecule has 3 aromatic rings. The molecule has 0 radical (unpaired) electrons. The van der Waals surface area contributed by atoms with Crippen LogP contribution in [0.5, 0.6) is 5.75 Å². The number of thiazole rings is 1. The van der Waals surface area contributed by atoms with E-state index in [0.717, 1.165) is 10.6 Å². The maximum atomic E-state index is 12.7. The first-order valence-electron chi connectivity index (χ1n) is 7.47. The third-order valence-electron chi connectivity index (χ3n) is 3.53. The average Bonchev–Trinajstić information content (AvgIpc) is 3.01. The fourth-order valence-corrected chi connectivity index (χ4v) is 3.57. The van der Waals surface area contributed by atoms with Gasteiger partial charge in [0.15, 0.2) is 5.13 Å². The predicted octanol–water partition coefficient (Wildman–Crippen LogP) is 4.43. The molecule has 7 heteroatoms. The maximum absolute atomic E-state index is 12.7. The Bertz CT molecular complexity index is 892. The molecule has 0 aliphatic rings. The molecule has 3 N–H and O–H groups in total. The van der Waals surface area contributed by atoms with Crippen LogP contribution in [0.15, 0.2) is 53.4 Å². The molecule has 0 unspecified atom stereocenters. The van der Waals surface area contributed by atoms with Gasteiger partial charge in [-0.3, -0.25) is 4.79 Å². The van der Waals surface area contributed by atoms with Crippen LogP contribution in [0.3, 0.4) is 0 Å². The van der Waals surface area contributed by atoms with E-state index in [9.17, 15) is 4.79 Å². The molecule has 5 nitrogen and oxygen atoms in total. The second-order valence-electron chi connectivity index (χ2n) is 5.15. The molecule has 25 heavy (non-hydrogen) atoms. The number of thioether (sulfide) groups is 1. The summed E-state index contributed by atoms with van der Waals surface area (Å²) in [6.07, 6.45) is 2.02. The zero-order chi connectivity index (χ0) is 17.8. The van der Waals surface area contributed by atoms with Gasteiger partial charge in [-0.05, 0) is 48.7 Å². The topological polar surface area (TPSA) is 77.2 Å². The van der Waals surface area contributed by atoms with Gasteiger partial charge in [0.1, 0.15) is 16.4 Å². The normalized spacial score (nSPS) is 10.5. The second kappa shape index (κ2) is 7.58. The monoisotopic (exact) mass is 371 g/mol. The van der Waals surface area contributed by atoms with Gasteiger partial charge in [0.25, 0.3) is 0 Å². The standard InChI is InChI=1S/C18H17N3O2S2/c1-23-13-8-6-11(7-9-13)15(22)16-17(19)21-18(25-16)20-12-4-3-5-14(10-12)24-2/h3-10H,19H2,1-2H3,(H,20,21). The third-order valence-corrected chi connectivity index (χ3v) is 5.24. The summed E-state index contributed by atoms with van der Waals surface area (Å²) in [4.78, 5) is 18.5. The van der Waals surface area contributed by atoms with E-state index in [4.69, 9.17) is 10.5 Å². The molecule has 0 saturated heterocycles.